The van der Waals surface area contributed by atoms with Crippen LogP contribution in [0.5, 0.6) is 11.5 Å². The van der Waals surface area contributed by atoms with E-state index in [2.05, 4.69) is 53.7 Å². The first-order valence-electron chi connectivity index (χ1n) is 9.50. The molecule has 0 saturated heterocycles. The number of amides is 1. The van der Waals surface area contributed by atoms with Crippen molar-refractivity contribution in [3.05, 3.63) is 53.1 Å². The summed E-state index contributed by atoms with van der Waals surface area (Å²) < 4.78 is 6.15. The standard InChI is InChI=1S/C23H31N2O2/c1-7-22(3,4)15-9-11-20(18(13-15)23(5,6)8-2)27-19-12-10-16(24)14-17(19)21(25)26/h9-14,25H,7-8,24H2,1-6H3. The molecule has 0 aliphatic carbocycles. The first-order chi connectivity index (χ1) is 12.5. The SMILES string of the molecule is CCC(C)(C)c1ccc(Oc2ccc(N)cc2C([NH])=O)c(C(C)(C)CC)c1. The van der Waals surface area contributed by atoms with Crippen molar-refractivity contribution in [2.45, 2.75) is 65.2 Å². The Balaban J connectivity index is 2.59. The van der Waals surface area contributed by atoms with Gasteiger partial charge in [-0.15, -0.1) is 0 Å². The van der Waals surface area contributed by atoms with Gasteiger partial charge >= 0.3 is 0 Å². The molecule has 2 aromatic carbocycles. The summed E-state index contributed by atoms with van der Waals surface area (Å²) in [7, 11) is 0. The lowest BCUT2D eigenvalue weighted by molar-refractivity contribution is 0.0990. The van der Waals surface area contributed by atoms with Crippen molar-refractivity contribution in [1.82, 2.24) is 5.73 Å². The van der Waals surface area contributed by atoms with Gasteiger partial charge < -0.3 is 10.5 Å². The number of benzene rings is 2. The lowest BCUT2D eigenvalue weighted by Gasteiger charge is -2.30. The average Bonchev–Trinajstić information content (AvgIpc) is 2.63. The number of ether oxygens (including phenoxy) is 1. The van der Waals surface area contributed by atoms with Gasteiger partial charge in [0.05, 0.1) is 5.56 Å². The minimum atomic E-state index is -0.808. The molecule has 1 amide bonds. The van der Waals surface area contributed by atoms with Gasteiger partial charge in [0.25, 0.3) is 5.91 Å². The first-order valence-corrected chi connectivity index (χ1v) is 9.50. The van der Waals surface area contributed by atoms with Gasteiger partial charge in [-0.1, -0.05) is 53.7 Å². The molecular formula is C23H31N2O2. The number of anilines is 1. The summed E-state index contributed by atoms with van der Waals surface area (Å²) in [6.07, 6.45) is 1.99. The van der Waals surface area contributed by atoms with Gasteiger partial charge in [0, 0.05) is 11.3 Å². The van der Waals surface area contributed by atoms with Crippen LogP contribution in [0.4, 0.5) is 5.69 Å². The Morgan fingerprint density at radius 3 is 2.11 bits per heavy atom. The third kappa shape index (κ3) is 4.44. The van der Waals surface area contributed by atoms with Crippen molar-refractivity contribution >= 4 is 11.6 Å². The van der Waals surface area contributed by atoms with Crippen molar-refractivity contribution in [1.29, 1.82) is 0 Å². The fourth-order valence-electron chi connectivity index (χ4n) is 2.90. The molecule has 0 aliphatic rings. The molecule has 2 aromatic rings. The molecule has 0 spiro atoms. The van der Waals surface area contributed by atoms with Crippen molar-refractivity contribution < 1.29 is 9.53 Å². The number of carbonyl (C=O) groups is 1. The molecule has 0 heterocycles. The number of hydrogen-bond donors (Lipinski definition) is 1. The topological polar surface area (TPSA) is 76.1 Å². The maximum absolute atomic E-state index is 11.7. The number of rotatable bonds is 7. The molecule has 4 nitrogen and oxygen atoms in total. The molecule has 0 aliphatic heterocycles. The molecule has 27 heavy (non-hydrogen) atoms. The highest BCUT2D eigenvalue weighted by Gasteiger charge is 2.27. The Bertz CT molecular complexity index is 838. The summed E-state index contributed by atoms with van der Waals surface area (Å²) in [6, 6.07) is 11.1. The summed E-state index contributed by atoms with van der Waals surface area (Å²) in [5.41, 5.74) is 16.2. The van der Waals surface area contributed by atoms with E-state index in [1.807, 2.05) is 6.07 Å². The van der Waals surface area contributed by atoms with Crippen LogP contribution in [-0.2, 0) is 10.8 Å². The molecule has 3 N–H and O–H groups in total. The van der Waals surface area contributed by atoms with E-state index in [0.29, 0.717) is 17.2 Å². The van der Waals surface area contributed by atoms with E-state index in [9.17, 15) is 4.79 Å². The predicted octanol–water partition coefficient (Wildman–Crippen LogP) is 5.86. The average molecular weight is 368 g/mol. The molecule has 0 atom stereocenters. The second kappa shape index (κ2) is 7.63. The number of nitrogens with two attached hydrogens (primary N) is 1. The van der Waals surface area contributed by atoms with Crippen LogP contribution < -0.4 is 16.2 Å². The van der Waals surface area contributed by atoms with Crippen LogP contribution in [0.2, 0.25) is 0 Å². The second-order valence-corrected chi connectivity index (χ2v) is 8.37. The minimum Gasteiger partial charge on any atom is -0.456 e. The first kappa shape index (κ1) is 20.8. The van der Waals surface area contributed by atoms with Gasteiger partial charge in [0.2, 0.25) is 0 Å². The third-order valence-electron chi connectivity index (χ3n) is 5.73. The Labute approximate surface area is 162 Å². The van der Waals surface area contributed by atoms with E-state index in [4.69, 9.17) is 16.2 Å². The van der Waals surface area contributed by atoms with E-state index in [-0.39, 0.29) is 16.4 Å². The maximum atomic E-state index is 11.7. The van der Waals surface area contributed by atoms with Crippen LogP contribution in [0.25, 0.3) is 0 Å². The molecule has 0 unspecified atom stereocenters. The molecule has 1 radical (unpaired) electrons. The lowest BCUT2D eigenvalue weighted by atomic mass is 9.76. The van der Waals surface area contributed by atoms with Crippen LogP contribution >= 0.6 is 0 Å². The number of nitrogen functional groups attached to an aromatic ring is 1. The largest absolute Gasteiger partial charge is 0.456 e. The normalized spacial score (nSPS) is 12.1. The van der Waals surface area contributed by atoms with Crippen molar-refractivity contribution in [3.63, 3.8) is 0 Å². The Morgan fingerprint density at radius 2 is 1.56 bits per heavy atom. The van der Waals surface area contributed by atoms with E-state index in [0.717, 1.165) is 18.4 Å². The molecule has 145 valence electrons. The summed E-state index contributed by atoms with van der Waals surface area (Å²) in [5, 5.41) is 0. The van der Waals surface area contributed by atoms with E-state index < -0.39 is 5.91 Å². The van der Waals surface area contributed by atoms with Gasteiger partial charge in [-0.3, -0.25) is 10.5 Å². The van der Waals surface area contributed by atoms with Crippen LogP contribution in [0, 0.1) is 0 Å². The summed E-state index contributed by atoms with van der Waals surface area (Å²) >= 11 is 0. The smallest absolute Gasteiger partial charge is 0.273 e. The van der Waals surface area contributed by atoms with E-state index in [1.54, 1.807) is 12.1 Å². The molecule has 0 bridgehead atoms. The molecule has 0 aromatic heterocycles. The van der Waals surface area contributed by atoms with E-state index in [1.165, 1.54) is 11.6 Å². The molecule has 0 fully saturated rings. The second-order valence-electron chi connectivity index (χ2n) is 8.37. The van der Waals surface area contributed by atoms with Gasteiger partial charge in [0.15, 0.2) is 0 Å². The van der Waals surface area contributed by atoms with Gasteiger partial charge in [-0.2, -0.15) is 0 Å². The maximum Gasteiger partial charge on any atom is 0.273 e. The zero-order valence-electron chi connectivity index (χ0n) is 17.3. The van der Waals surface area contributed by atoms with Gasteiger partial charge in [-0.05, 0) is 53.5 Å². The summed E-state index contributed by atoms with van der Waals surface area (Å²) in [5.74, 6) is 0.266. The quantitative estimate of drug-likeness (QED) is 0.623. The Kier molecular flexibility index (Phi) is 5.88. The van der Waals surface area contributed by atoms with Crippen LogP contribution in [-0.4, -0.2) is 5.91 Å². The Hall–Kier alpha value is -2.49. The highest BCUT2D eigenvalue weighted by Crippen LogP contribution is 2.40. The fraction of sp³-hybridized carbons (Fsp3) is 0.435. The number of hydrogen-bond acceptors (Lipinski definition) is 3. The summed E-state index contributed by atoms with van der Waals surface area (Å²) in [6.45, 7) is 13.2. The Morgan fingerprint density at radius 1 is 0.963 bits per heavy atom. The molecular weight excluding hydrogens is 336 g/mol. The molecule has 4 heteroatoms. The van der Waals surface area contributed by atoms with Crippen molar-refractivity contribution in [3.8, 4) is 11.5 Å². The molecule has 0 saturated carbocycles. The lowest BCUT2D eigenvalue weighted by Crippen LogP contribution is -2.21. The fourth-order valence-corrected chi connectivity index (χ4v) is 2.90. The highest BCUT2D eigenvalue weighted by atomic mass is 16.5. The van der Waals surface area contributed by atoms with Crippen molar-refractivity contribution in [2.24, 2.45) is 0 Å². The number of carbonyl (C=O) groups excluding carboxylic acids is 1. The van der Waals surface area contributed by atoms with Crippen molar-refractivity contribution in [2.75, 3.05) is 5.73 Å². The number of nitrogens with one attached hydrogen (secondary N) is 1. The van der Waals surface area contributed by atoms with Crippen LogP contribution in [0.15, 0.2) is 36.4 Å². The third-order valence-corrected chi connectivity index (χ3v) is 5.73. The van der Waals surface area contributed by atoms with Crippen LogP contribution in [0.1, 0.15) is 75.9 Å². The van der Waals surface area contributed by atoms with E-state index >= 15 is 0 Å². The zero-order chi connectivity index (χ0) is 20.4. The van der Waals surface area contributed by atoms with Gasteiger partial charge in [-0.25, -0.2) is 0 Å². The van der Waals surface area contributed by atoms with Crippen LogP contribution in [0.3, 0.4) is 0 Å². The van der Waals surface area contributed by atoms with Gasteiger partial charge in [0.1, 0.15) is 11.5 Å². The highest BCUT2D eigenvalue weighted by molar-refractivity contribution is 5.96. The minimum absolute atomic E-state index is 0.0700. The molecule has 2 rings (SSSR count). The monoisotopic (exact) mass is 367 g/mol. The predicted molar refractivity (Wildman–Crippen MR) is 111 cm³/mol. The summed E-state index contributed by atoms with van der Waals surface area (Å²) in [4.78, 5) is 11.7. The zero-order valence-corrected chi connectivity index (χ0v) is 17.3.